The van der Waals surface area contributed by atoms with Gasteiger partial charge in [-0.3, -0.25) is 0 Å². The fourth-order valence-corrected chi connectivity index (χ4v) is 2.44. The standard InChI is InChI=1S/C14H16N2S/c1-9-4-5-12(8-10(9)2)17-14-7-6-13(15)11(3)16-14/h4-8H,15H2,1-3H3. The lowest BCUT2D eigenvalue weighted by Gasteiger charge is -2.06. The molecule has 0 fully saturated rings. The lowest BCUT2D eigenvalue weighted by atomic mass is 10.1. The van der Waals surface area contributed by atoms with E-state index in [2.05, 4.69) is 37.0 Å². The molecule has 2 nitrogen and oxygen atoms in total. The lowest BCUT2D eigenvalue weighted by Crippen LogP contribution is -1.93. The van der Waals surface area contributed by atoms with Crippen LogP contribution in [-0.4, -0.2) is 4.98 Å². The van der Waals surface area contributed by atoms with Gasteiger partial charge in [0.1, 0.15) is 5.03 Å². The molecule has 1 aromatic carbocycles. The molecule has 0 aliphatic heterocycles. The number of hydrogen-bond donors (Lipinski definition) is 1. The van der Waals surface area contributed by atoms with E-state index in [1.54, 1.807) is 11.8 Å². The maximum absolute atomic E-state index is 5.75. The van der Waals surface area contributed by atoms with Gasteiger partial charge in [0.05, 0.1) is 11.4 Å². The molecule has 1 heterocycles. The Kier molecular flexibility index (Phi) is 3.38. The first-order valence-electron chi connectivity index (χ1n) is 5.54. The van der Waals surface area contributed by atoms with Crippen molar-refractivity contribution < 1.29 is 0 Å². The fraction of sp³-hybridized carbons (Fsp3) is 0.214. The molecule has 0 bridgehead atoms. The van der Waals surface area contributed by atoms with Crippen LogP contribution in [0.4, 0.5) is 5.69 Å². The molecule has 2 N–H and O–H groups in total. The molecule has 0 atom stereocenters. The van der Waals surface area contributed by atoms with E-state index in [0.717, 1.165) is 16.4 Å². The number of anilines is 1. The number of nitrogens with two attached hydrogens (primary N) is 1. The number of hydrogen-bond acceptors (Lipinski definition) is 3. The van der Waals surface area contributed by atoms with Crippen LogP contribution in [0.25, 0.3) is 0 Å². The monoisotopic (exact) mass is 244 g/mol. The van der Waals surface area contributed by atoms with E-state index in [9.17, 15) is 0 Å². The molecule has 1 aromatic heterocycles. The molecule has 0 radical (unpaired) electrons. The van der Waals surface area contributed by atoms with Crippen LogP contribution in [0, 0.1) is 20.8 Å². The highest BCUT2D eigenvalue weighted by atomic mass is 32.2. The molecule has 17 heavy (non-hydrogen) atoms. The summed E-state index contributed by atoms with van der Waals surface area (Å²) in [7, 11) is 0. The van der Waals surface area contributed by atoms with Crippen molar-refractivity contribution >= 4 is 17.4 Å². The zero-order valence-electron chi connectivity index (χ0n) is 10.3. The van der Waals surface area contributed by atoms with Crippen LogP contribution in [-0.2, 0) is 0 Å². The Balaban J connectivity index is 2.25. The fourth-order valence-electron chi connectivity index (χ4n) is 1.50. The van der Waals surface area contributed by atoms with Crippen molar-refractivity contribution in [3.63, 3.8) is 0 Å². The van der Waals surface area contributed by atoms with Crippen molar-refractivity contribution in [2.24, 2.45) is 0 Å². The Morgan fingerprint density at radius 1 is 1.00 bits per heavy atom. The van der Waals surface area contributed by atoms with E-state index >= 15 is 0 Å². The lowest BCUT2D eigenvalue weighted by molar-refractivity contribution is 1.07. The van der Waals surface area contributed by atoms with Crippen LogP contribution < -0.4 is 5.73 Å². The van der Waals surface area contributed by atoms with Gasteiger partial charge in [0.2, 0.25) is 0 Å². The summed E-state index contributed by atoms with van der Waals surface area (Å²) in [6.07, 6.45) is 0. The van der Waals surface area contributed by atoms with E-state index in [1.807, 2.05) is 19.1 Å². The van der Waals surface area contributed by atoms with Crippen LogP contribution in [0.3, 0.4) is 0 Å². The average Bonchev–Trinajstić information content (AvgIpc) is 2.29. The average molecular weight is 244 g/mol. The Morgan fingerprint density at radius 3 is 2.41 bits per heavy atom. The summed E-state index contributed by atoms with van der Waals surface area (Å²) in [5.41, 5.74) is 10.0. The molecular formula is C14H16N2S. The highest BCUT2D eigenvalue weighted by molar-refractivity contribution is 7.99. The van der Waals surface area contributed by atoms with Gasteiger partial charge < -0.3 is 5.73 Å². The van der Waals surface area contributed by atoms with Crippen LogP contribution >= 0.6 is 11.8 Å². The Hall–Kier alpha value is -1.48. The van der Waals surface area contributed by atoms with Gasteiger partial charge in [-0.15, -0.1) is 0 Å². The normalized spacial score (nSPS) is 10.5. The molecule has 0 saturated carbocycles. The van der Waals surface area contributed by atoms with Gasteiger partial charge in [0.25, 0.3) is 0 Å². The van der Waals surface area contributed by atoms with Gasteiger partial charge >= 0.3 is 0 Å². The second-order valence-corrected chi connectivity index (χ2v) is 5.27. The zero-order chi connectivity index (χ0) is 12.4. The van der Waals surface area contributed by atoms with Gasteiger partial charge in [-0.25, -0.2) is 4.98 Å². The molecule has 0 unspecified atom stereocenters. The molecule has 0 spiro atoms. The number of aromatic nitrogens is 1. The Bertz CT molecular complexity index is 500. The van der Waals surface area contributed by atoms with Crippen molar-refractivity contribution in [2.75, 3.05) is 5.73 Å². The number of nitrogen functional groups attached to an aromatic ring is 1. The number of pyridine rings is 1. The summed E-state index contributed by atoms with van der Waals surface area (Å²) in [5, 5.41) is 0.986. The molecular weight excluding hydrogens is 228 g/mol. The third-order valence-corrected chi connectivity index (χ3v) is 3.73. The van der Waals surface area contributed by atoms with E-state index in [4.69, 9.17) is 5.73 Å². The van der Waals surface area contributed by atoms with E-state index in [-0.39, 0.29) is 0 Å². The summed E-state index contributed by atoms with van der Waals surface area (Å²) in [6, 6.07) is 10.3. The molecule has 0 amide bonds. The molecule has 0 aliphatic carbocycles. The Labute approximate surface area is 106 Å². The minimum Gasteiger partial charge on any atom is -0.397 e. The van der Waals surface area contributed by atoms with Crippen molar-refractivity contribution in [3.8, 4) is 0 Å². The summed E-state index contributed by atoms with van der Waals surface area (Å²) in [6.45, 7) is 6.18. The van der Waals surface area contributed by atoms with E-state index in [1.165, 1.54) is 16.0 Å². The first-order valence-corrected chi connectivity index (χ1v) is 6.36. The van der Waals surface area contributed by atoms with Crippen LogP contribution in [0.1, 0.15) is 16.8 Å². The third-order valence-electron chi connectivity index (χ3n) is 2.80. The first-order chi connectivity index (χ1) is 8.06. The maximum atomic E-state index is 5.75. The smallest absolute Gasteiger partial charge is 0.101 e. The second-order valence-electron chi connectivity index (χ2n) is 4.17. The maximum Gasteiger partial charge on any atom is 0.101 e. The van der Waals surface area contributed by atoms with Crippen molar-refractivity contribution in [1.82, 2.24) is 4.98 Å². The van der Waals surface area contributed by atoms with Gasteiger partial charge in [-0.1, -0.05) is 17.8 Å². The number of nitrogens with zero attached hydrogens (tertiary/aromatic N) is 1. The minimum atomic E-state index is 0.745. The van der Waals surface area contributed by atoms with Gasteiger partial charge in [0, 0.05) is 4.90 Å². The van der Waals surface area contributed by atoms with Gasteiger partial charge in [-0.05, 0) is 56.2 Å². The molecule has 2 aromatic rings. The quantitative estimate of drug-likeness (QED) is 0.874. The summed E-state index contributed by atoms with van der Waals surface area (Å²) in [4.78, 5) is 5.67. The molecule has 0 aliphatic rings. The summed E-state index contributed by atoms with van der Waals surface area (Å²) in [5.74, 6) is 0. The van der Waals surface area contributed by atoms with Crippen LogP contribution in [0.5, 0.6) is 0 Å². The largest absolute Gasteiger partial charge is 0.397 e. The second kappa shape index (κ2) is 4.80. The third kappa shape index (κ3) is 2.80. The van der Waals surface area contributed by atoms with E-state index < -0.39 is 0 Å². The molecule has 2 rings (SSSR count). The minimum absolute atomic E-state index is 0.745. The number of rotatable bonds is 2. The topological polar surface area (TPSA) is 38.9 Å². The predicted octanol–water partition coefficient (Wildman–Crippen LogP) is 3.74. The van der Waals surface area contributed by atoms with Crippen molar-refractivity contribution in [1.29, 1.82) is 0 Å². The van der Waals surface area contributed by atoms with Gasteiger partial charge in [0.15, 0.2) is 0 Å². The van der Waals surface area contributed by atoms with Gasteiger partial charge in [-0.2, -0.15) is 0 Å². The van der Waals surface area contributed by atoms with Crippen molar-refractivity contribution in [2.45, 2.75) is 30.7 Å². The highest BCUT2D eigenvalue weighted by Crippen LogP contribution is 2.28. The van der Waals surface area contributed by atoms with Crippen LogP contribution in [0.2, 0.25) is 0 Å². The molecule has 88 valence electrons. The molecule has 3 heteroatoms. The Morgan fingerprint density at radius 2 is 1.76 bits per heavy atom. The van der Waals surface area contributed by atoms with Crippen LogP contribution in [0.15, 0.2) is 40.3 Å². The predicted molar refractivity (Wildman–Crippen MR) is 73.4 cm³/mol. The first kappa shape index (κ1) is 12.0. The highest BCUT2D eigenvalue weighted by Gasteiger charge is 2.02. The number of aryl methyl sites for hydroxylation is 3. The van der Waals surface area contributed by atoms with Crippen molar-refractivity contribution in [3.05, 3.63) is 47.2 Å². The summed E-state index contributed by atoms with van der Waals surface area (Å²) < 4.78 is 0. The zero-order valence-corrected chi connectivity index (χ0v) is 11.1. The molecule has 0 saturated heterocycles. The van der Waals surface area contributed by atoms with E-state index in [0.29, 0.717) is 0 Å². The SMILES string of the molecule is Cc1ccc(Sc2ccc(N)c(C)n2)cc1C. The summed E-state index contributed by atoms with van der Waals surface area (Å²) >= 11 is 1.67. The number of benzene rings is 1.